The van der Waals surface area contributed by atoms with Crippen molar-refractivity contribution in [2.75, 3.05) is 0 Å². The summed E-state index contributed by atoms with van der Waals surface area (Å²) >= 11 is 0. The van der Waals surface area contributed by atoms with E-state index >= 15 is 0 Å². The van der Waals surface area contributed by atoms with Crippen molar-refractivity contribution in [2.24, 2.45) is 5.73 Å². The number of hydrogen-bond donors (Lipinski definition) is 1. The highest BCUT2D eigenvalue weighted by Crippen LogP contribution is 2.11. The maximum absolute atomic E-state index is 11.0. The zero-order chi connectivity index (χ0) is 10.1. The van der Waals surface area contributed by atoms with Gasteiger partial charge in [0.05, 0.1) is 6.33 Å². The Hall–Kier alpha value is -1.98. The first kappa shape index (κ1) is 8.61. The molecule has 2 aromatic heterocycles. The summed E-state index contributed by atoms with van der Waals surface area (Å²) in [6, 6.07) is 0. The Balaban J connectivity index is 2.76. The van der Waals surface area contributed by atoms with Crippen LogP contribution in [0.25, 0.3) is 11.2 Å². The minimum Gasteiger partial charge on any atom is -0.364 e. The first-order valence-electron chi connectivity index (χ1n) is 4.19. The summed E-state index contributed by atoms with van der Waals surface area (Å²) in [5.41, 5.74) is 6.42. The Bertz CT molecular complexity index is 489. The van der Waals surface area contributed by atoms with Gasteiger partial charge in [0, 0.05) is 6.54 Å². The molecule has 0 aromatic carbocycles. The molecule has 6 heteroatoms. The molecular formula is C8H9N5O. The van der Waals surface area contributed by atoms with Crippen LogP contribution in [0.2, 0.25) is 0 Å². The van der Waals surface area contributed by atoms with E-state index in [4.69, 9.17) is 5.73 Å². The Kier molecular flexibility index (Phi) is 1.88. The van der Waals surface area contributed by atoms with Crippen molar-refractivity contribution < 1.29 is 4.79 Å². The van der Waals surface area contributed by atoms with Crippen molar-refractivity contribution in [3.8, 4) is 0 Å². The molecule has 1 amide bonds. The maximum Gasteiger partial charge on any atom is 0.269 e. The molecule has 6 nitrogen and oxygen atoms in total. The van der Waals surface area contributed by atoms with E-state index in [1.165, 1.54) is 6.33 Å². The number of nitrogens with zero attached hydrogens (tertiary/aromatic N) is 4. The molecule has 2 heterocycles. The van der Waals surface area contributed by atoms with Crippen molar-refractivity contribution in [3.63, 3.8) is 0 Å². The molecule has 2 rings (SSSR count). The van der Waals surface area contributed by atoms with Crippen LogP contribution in [0.5, 0.6) is 0 Å². The van der Waals surface area contributed by atoms with Crippen LogP contribution < -0.4 is 5.73 Å². The van der Waals surface area contributed by atoms with Gasteiger partial charge < -0.3 is 10.3 Å². The monoisotopic (exact) mass is 191 g/mol. The highest BCUT2D eigenvalue weighted by atomic mass is 16.1. The van der Waals surface area contributed by atoms with E-state index in [1.807, 2.05) is 11.5 Å². The van der Waals surface area contributed by atoms with Crippen LogP contribution in [0, 0.1) is 0 Å². The number of hydrogen-bond acceptors (Lipinski definition) is 4. The number of rotatable bonds is 2. The molecule has 0 fully saturated rings. The van der Waals surface area contributed by atoms with E-state index < -0.39 is 5.91 Å². The number of primary amides is 1. The number of nitrogens with two attached hydrogens (primary N) is 1. The third-order valence-corrected chi connectivity index (χ3v) is 1.98. The fourth-order valence-corrected chi connectivity index (χ4v) is 1.29. The number of carbonyl (C=O) groups excluding carboxylic acids is 1. The van der Waals surface area contributed by atoms with Gasteiger partial charge in [-0.2, -0.15) is 0 Å². The van der Waals surface area contributed by atoms with Crippen molar-refractivity contribution in [1.82, 2.24) is 19.5 Å². The van der Waals surface area contributed by atoms with Gasteiger partial charge in [-0.1, -0.05) is 0 Å². The molecule has 0 radical (unpaired) electrons. The number of fused-ring (bicyclic) bond motifs is 1. The van der Waals surface area contributed by atoms with Gasteiger partial charge in [0.15, 0.2) is 11.3 Å². The zero-order valence-corrected chi connectivity index (χ0v) is 7.64. The average molecular weight is 191 g/mol. The molecule has 0 spiro atoms. The van der Waals surface area contributed by atoms with E-state index in [0.717, 1.165) is 6.54 Å². The third kappa shape index (κ3) is 1.12. The SMILES string of the molecule is CCn1cnc2c(C(N)=O)ncnc21. The molecule has 0 saturated carbocycles. The van der Waals surface area contributed by atoms with E-state index in [0.29, 0.717) is 11.2 Å². The molecular weight excluding hydrogens is 182 g/mol. The molecule has 2 N–H and O–H groups in total. The summed E-state index contributed by atoms with van der Waals surface area (Å²) in [4.78, 5) is 22.9. The lowest BCUT2D eigenvalue weighted by molar-refractivity contribution is 0.0997. The highest BCUT2D eigenvalue weighted by molar-refractivity contribution is 6.01. The largest absolute Gasteiger partial charge is 0.364 e. The van der Waals surface area contributed by atoms with Crippen molar-refractivity contribution in [2.45, 2.75) is 13.5 Å². The smallest absolute Gasteiger partial charge is 0.269 e. The second-order valence-electron chi connectivity index (χ2n) is 2.79. The number of imidazole rings is 1. The predicted molar refractivity (Wildman–Crippen MR) is 49.5 cm³/mol. The normalized spacial score (nSPS) is 10.6. The fraction of sp³-hybridized carbons (Fsp3) is 0.250. The van der Waals surface area contributed by atoms with Crippen LogP contribution in [-0.4, -0.2) is 25.4 Å². The van der Waals surface area contributed by atoms with Crippen LogP contribution in [0.4, 0.5) is 0 Å². The predicted octanol–water partition coefficient (Wildman–Crippen LogP) is -0.0549. The van der Waals surface area contributed by atoms with Crippen LogP contribution in [0.1, 0.15) is 17.4 Å². The van der Waals surface area contributed by atoms with Gasteiger partial charge in [-0.3, -0.25) is 4.79 Å². The first-order chi connectivity index (χ1) is 6.74. The maximum atomic E-state index is 11.0. The summed E-state index contributed by atoms with van der Waals surface area (Å²) in [5, 5.41) is 0. The van der Waals surface area contributed by atoms with Crippen LogP contribution in [0.3, 0.4) is 0 Å². The minimum atomic E-state index is -0.584. The van der Waals surface area contributed by atoms with Gasteiger partial charge >= 0.3 is 0 Å². The molecule has 14 heavy (non-hydrogen) atoms. The van der Waals surface area contributed by atoms with Gasteiger partial charge in [0.25, 0.3) is 5.91 Å². The lowest BCUT2D eigenvalue weighted by atomic mass is 10.3. The van der Waals surface area contributed by atoms with Gasteiger partial charge in [0.1, 0.15) is 11.8 Å². The van der Waals surface area contributed by atoms with E-state index in [9.17, 15) is 4.79 Å². The summed E-state index contributed by atoms with van der Waals surface area (Å²) in [7, 11) is 0. The Morgan fingerprint density at radius 2 is 2.29 bits per heavy atom. The molecule has 0 saturated heterocycles. The molecule has 0 atom stereocenters. The third-order valence-electron chi connectivity index (χ3n) is 1.98. The fourth-order valence-electron chi connectivity index (χ4n) is 1.29. The number of aryl methyl sites for hydroxylation is 1. The summed E-state index contributed by atoms with van der Waals surface area (Å²) in [6.07, 6.45) is 2.93. The van der Waals surface area contributed by atoms with Crippen molar-refractivity contribution in [1.29, 1.82) is 0 Å². The van der Waals surface area contributed by atoms with Crippen LogP contribution >= 0.6 is 0 Å². The molecule has 0 unspecified atom stereocenters. The standard InChI is InChI=1S/C8H9N5O/c1-2-13-4-12-6-5(7(9)14)10-3-11-8(6)13/h3-4H,2H2,1H3,(H2,9,14). The van der Waals surface area contributed by atoms with Gasteiger partial charge in [-0.15, -0.1) is 0 Å². The summed E-state index contributed by atoms with van der Waals surface area (Å²) in [5.74, 6) is -0.584. The lowest BCUT2D eigenvalue weighted by Gasteiger charge is -1.98. The lowest BCUT2D eigenvalue weighted by Crippen LogP contribution is -2.14. The molecule has 0 aliphatic rings. The number of aromatic nitrogens is 4. The second kappa shape index (κ2) is 3.06. The quantitative estimate of drug-likeness (QED) is 0.720. The van der Waals surface area contributed by atoms with Gasteiger partial charge in [-0.05, 0) is 6.92 Å². The van der Waals surface area contributed by atoms with E-state index in [-0.39, 0.29) is 5.69 Å². The van der Waals surface area contributed by atoms with Crippen LogP contribution in [0.15, 0.2) is 12.7 Å². The minimum absolute atomic E-state index is 0.169. The average Bonchev–Trinajstić information content (AvgIpc) is 2.59. The summed E-state index contributed by atoms with van der Waals surface area (Å²) < 4.78 is 1.82. The molecule has 2 aromatic rings. The Morgan fingerprint density at radius 1 is 1.50 bits per heavy atom. The molecule has 0 bridgehead atoms. The second-order valence-corrected chi connectivity index (χ2v) is 2.79. The Labute approximate surface area is 79.8 Å². The van der Waals surface area contributed by atoms with Crippen molar-refractivity contribution in [3.05, 3.63) is 18.3 Å². The van der Waals surface area contributed by atoms with E-state index in [1.54, 1.807) is 6.33 Å². The van der Waals surface area contributed by atoms with Crippen molar-refractivity contribution >= 4 is 17.1 Å². The number of amides is 1. The zero-order valence-electron chi connectivity index (χ0n) is 7.64. The van der Waals surface area contributed by atoms with Gasteiger partial charge in [0.2, 0.25) is 0 Å². The Morgan fingerprint density at radius 3 is 2.93 bits per heavy atom. The first-order valence-corrected chi connectivity index (χ1v) is 4.19. The van der Waals surface area contributed by atoms with Crippen LogP contribution in [-0.2, 0) is 6.54 Å². The molecule has 0 aliphatic heterocycles. The number of carbonyl (C=O) groups is 1. The highest BCUT2D eigenvalue weighted by Gasteiger charge is 2.12. The topological polar surface area (TPSA) is 86.7 Å². The van der Waals surface area contributed by atoms with E-state index in [2.05, 4.69) is 15.0 Å². The summed E-state index contributed by atoms with van der Waals surface area (Å²) in [6.45, 7) is 2.71. The molecule has 72 valence electrons. The van der Waals surface area contributed by atoms with Gasteiger partial charge in [-0.25, -0.2) is 15.0 Å². The molecule has 0 aliphatic carbocycles.